The van der Waals surface area contributed by atoms with Gasteiger partial charge < -0.3 is 10.2 Å². The van der Waals surface area contributed by atoms with Crippen LogP contribution in [-0.2, 0) is 9.59 Å². The van der Waals surface area contributed by atoms with Gasteiger partial charge in [0.2, 0.25) is 0 Å². The molecule has 4 heteroatoms. The fourth-order valence-corrected chi connectivity index (χ4v) is 4.55. The minimum Gasteiger partial charge on any atom is -0.481 e. The fraction of sp³-hybridized carbons (Fsp3) is 0.905. The van der Waals surface area contributed by atoms with Crippen LogP contribution in [0.25, 0.3) is 0 Å². The minimum absolute atomic E-state index is 0.00247. The molecule has 0 radical (unpaired) electrons. The Labute approximate surface area is 153 Å². The highest BCUT2D eigenvalue weighted by molar-refractivity contribution is 5.72. The fourth-order valence-electron chi connectivity index (χ4n) is 4.55. The molecule has 0 bridgehead atoms. The zero-order chi connectivity index (χ0) is 18.7. The van der Waals surface area contributed by atoms with Gasteiger partial charge in [-0.3, -0.25) is 9.59 Å². The molecule has 25 heavy (non-hydrogen) atoms. The van der Waals surface area contributed by atoms with Gasteiger partial charge in [-0.2, -0.15) is 0 Å². The molecule has 3 unspecified atom stereocenters. The average molecular weight is 355 g/mol. The molecule has 4 nitrogen and oxygen atoms in total. The first-order valence-electron chi connectivity index (χ1n) is 10.5. The third-order valence-corrected chi connectivity index (χ3v) is 6.01. The van der Waals surface area contributed by atoms with E-state index in [0.29, 0.717) is 12.8 Å². The highest BCUT2D eigenvalue weighted by atomic mass is 16.4. The number of carboxylic acid groups (broad SMARTS) is 2. The lowest BCUT2D eigenvalue weighted by molar-refractivity contribution is -0.149. The number of aliphatic carboxylic acids is 2. The van der Waals surface area contributed by atoms with E-state index in [0.717, 1.165) is 57.8 Å². The largest absolute Gasteiger partial charge is 0.481 e. The van der Waals surface area contributed by atoms with E-state index in [1.807, 2.05) is 6.92 Å². The second kappa shape index (κ2) is 12.3. The van der Waals surface area contributed by atoms with Crippen LogP contribution in [0.2, 0.25) is 0 Å². The first kappa shape index (κ1) is 22.0. The Morgan fingerprint density at radius 2 is 1.56 bits per heavy atom. The molecule has 0 spiro atoms. The molecule has 1 aliphatic rings. The monoisotopic (exact) mass is 354 g/mol. The van der Waals surface area contributed by atoms with E-state index in [2.05, 4.69) is 6.92 Å². The maximum atomic E-state index is 11.9. The maximum Gasteiger partial charge on any atom is 0.306 e. The van der Waals surface area contributed by atoms with Crippen molar-refractivity contribution in [2.75, 3.05) is 0 Å². The summed E-state index contributed by atoms with van der Waals surface area (Å²) in [6, 6.07) is 0. The Balaban J connectivity index is 2.82. The van der Waals surface area contributed by atoms with Crippen LogP contribution in [0.1, 0.15) is 97.3 Å². The molecular formula is C21H38O4. The molecule has 0 amide bonds. The number of rotatable bonds is 13. The van der Waals surface area contributed by atoms with Gasteiger partial charge >= 0.3 is 11.9 Å². The second-order valence-corrected chi connectivity index (χ2v) is 7.92. The van der Waals surface area contributed by atoms with Crippen molar-refractivity contribution < 1.29 is 19.8 Å². The predicted molar refractivity (Wildman–Crippen MR) is 101 cm³/mol. The van der Waals surface area contributed by atoms with E-state index in [-0.39, 0.29) is 17.8 Å². The van der Waals surface area contributed by atoms with Crippen LogP contribution in [0.4, 0.5) is 0 Å². The summed E-state index contributed by atoms with van der Waals surface area (Å²) in [5.74, 6) is -1.98. The van der Waals surface area contributed by atoms with Crippen LogP contribution in [0, 0.1) is 23.7 Å². The van der Waals surface area contributed by atoms with Crippen molar-refractivity contribution in [1.82, 2.24) is 0 Å². The van der Waals surface area contributed by atoms with Crippen LogP contribution in [0.15, 0.2) is 0 Å². The molecule has 0 aromatic carbocycles. The van der Waals surface area contributed by atoms with Crippen molar-refractivity contribution >= 4 is 11.9 Å². The number of hydrogen-bond donors (Lipinski definition) is 2. The van der Waals surface area contributed by atoms with E-state index in [1.165, 1.54) is 12.8 Å². The molecule has 0 aliphatic heterocycles. The highest BCUT2D eigenvalue weighted by Crippen LogP contribution is 2.37. The quantitative estimate of drug-likeness (QED) is 0.413. The van der Waals surface area contributed by atoms with Crippen molar-refractivity contribution in [3.63, 3.8) is 0 Å². The van der Waals surface area contributed by atoms with Gasteiger partial charge in [0.15, 0.2) is 0 Å². The van der Waals surface area contributed by atoms with Crippen molar-refractivity contribution in [2.24, 2.45) is 23.7 Å². The molecule has 1 fully saturated rings. The Morgan fingerprint density at radius 3 is 2.08 bits per heavy atom. The van der Waals surface area contributed by atoms with Gasteiger partial charge in [-0.25, -0.2) is 0 Å². The molecule has 1 aliphatic carbocycles. The topological polar surface area (TPSA) is 74.6 Å². The zero-order valence-electron chi connectivity index (χ0n) is 16.2. The van der Waals surface area contributed by atoms with Gasteiger partial charge in [0.1, 0.15) is 0 Å². The standard InChI is InChI=1S/C21H38O4/c1-3-5-6-8-14-17(18(11-4-2)20(22)23)15-19(21(24)25)16-12-9-7-10-13-16/h16-19H,3-15H2,1-2H3,(H,22,23)(H,24,25). The molecule has 0 saturated heterocycles. The molecule has 1 rings (SSSR count). The van der Waals surface area contributed by atoms with Crippen molar-refractivity contribution in [2.45, 2.75) is 97.3 Å². The Hall–Kier alpha value is -1.06. The molecule has 146 valence electrons. The number of carbonyl (C=O) groups is 2. The van der Waals surface area contributed by atoms with Crippen molar-refractivity contribution in [3.8, 4) is 0 Å². The molecule has 1 saturated carbocycles. The first-order chi connectivity index (χ1) is 12.0. The minimum atomic E-state index is -0.741. The summed E-state index contributed by atoms with van der Waals surface area (Å²) in [5.41, 5.74) is 0. The van der Waals surface area contributed by atoms with E-state index >= 15 is 0 Å². The third kappa shape index (κ3) is 7.79. The van der Waals surface area contributed by atoms with Gasteiger partial charge in [-0.1, -0.05) is 65.2 Å². The van der Waals surface area contributed by atoms with Crippen molar-refractivity contribution in [1.29, 1.82) is 0 Å². The first-order valence-corrected chi connectivity index (χ1v) is 10.5. The van der Waals surface area contributed by atoms with Gasteiger partial charge in [0.05, 0.1) is 11.8 Å². The van der Waals surface area contributed by atoms with E-state index < -0.39 is 17.9 Å². The smallest absolute Gasteiger partial charge is 0.306 e. The molecule has 0 aromatic rings. The van der Waals surface area contributed by atoms with Gasteiger partial charge in [-0.15, -0.1) is 0 Å². The lowest BCUT2D eigenvalue weighted by Crippen LogP contribution is -2.32. The van der Waals surface area contributed by atoms with Crippen LogP contribution in [-0.4, -0.2) is 22.2 Å². The molecule has 2 N–H and O–H groups in total. The average Bonchev–Trinajstić information content (AvgIpc) is 2.59. The number of carboxylic acids is 2. The van der Waals surface area contributed by atoms with E-state index in [9.17, 15) is 19.8 Å². The Bertz CT molecular complexity index is 387. The van der Waals surface area contributed by atoms with Crippen molar-refractivity contribution in [3.05, 3.63) is 0 Å². The number of unbranched alkanes of at least 4 members (excludes halogenated alkanes) is 3. The molecule has 0 aromatic heterocycles. The summed E-state index contributed by atoms with van der Waals surface area (Å²) in [6.45, 7) is 4.18. The third-order valence-electron chi connectivity index (χ3n) is 6.01. The van der Waals surface area contributed by atoms with Crippen LogP contribution < -0.4 is 0 Å². The Morgan fingerprint density at radius 1 is 0.880 bits per heavy atom. The summed E-state index contributed by atoms with van der Waals surface area (Å²) in [7, 11) is 0. The summed E-state index contributed by atoms with van der Waals surface area (Å²) >= 11 is 0. The van der Waals surface area contributed by atoms with Crippen LogP contribution in [0.5, 0.6) is 0 Å². The summed E-state index contributed by atoms with van der Waals surface area (Å²) in [6.07, 6.45) is 12.8. The van der Waals surface area contributed by atoms with Crippen LogP contribution >= 0.6 is 0 Å². The number of hydrogen-bond acceptors (Lipinski definition) is 2. The molecule has 3 atom stereocenters. The highest BCUT2D eigenvalue weighted by Gasteiger charge is 2.35. The SMILES string of the molecule is CCCCCCC(CC(C(=O)O)C1CCCCC1)C(CCC)C(=O)O. The van der Waals surface area contributed by atoms with Gasteiger partial charge in [0, 0.05) is 0 Å². The van der Waals surface area contributed by atoms with E-state index in [4.69, 9.17) is 0 Å². The summed E-state index contributed by atoms with van der Waals surface area (Å²) in [4.78, 5) is 23.7. The predicted octanol–water partition coefficient (Wildman–Crippen LogP) is 5.75. The summed E-state index contributed by atoms with van der Waals surface area (Å²) < 4.78 is 0. The lowest BCUT2D eigenvalue weighted by atomic mass is 9.72. The Kier molecular flexibility index (Phi) is 10.8. The molecule has 0 heterocycles. The maximum absolute atomic E-state index is 11.9. The lowest BCUT2D eigenvalue weighted by Gasteiger charge is -2.32. The van der Waals surface area contributed by atoms with Gasteiger partial charge in [0.25, 0.3) is 0 Å². The van der Waals surface area contributed by atoms with E-state index in [1.54, 1.807) is 0 Å². The zero-order valence-corrected chi connectivity index (χ0v) is 16.2. The second-order valence-electron chi connectivity index (χ2n) is 7.92. The molecular weight excluding hydrogens is 316 g/mol. The summed E-state index contributed by atoms with van der Waals surface area (Å²) in [5, 5.41) is 19.5. The van der Waals surface area contributed by atoms with Gasteiger partial charge in [-0.05, 0) is 43.9 Å². The normalized spacial score (nSPS) is 19.3. The van der Waals surface area contributed by atoms with Crippen LogP contribution in [0.3, 0.4) is 0 Å².